The first kappa shape index (κ1) is 14.2. The molecule has 21 heavy (non-hydrogen) atoms. The summed E-state index contributed by atoms with van der Waals surface area (Å²) in [5.41, 5.74) is 1.06. The molecule has 0 bridgehead atoms. The minimum atomic E-state index is 0.184. The Kier molecular flexibility index (Phi) is 4.57. The summed E-state index contributed by atoms with van der Waals surface area (Å²) in [6.45, 7) is 4.30. The molecule has 2 heterocycles. The van der Waals surface area contributed by atoms with Crippen LogP contribution in [-0.4, -0.2) is 50.4 Å². The van der Waals surface area contributed by atoms with E-state index in [0.29, 0.717) is 45.8 Å². The highest BCUT2D eigenvalue weighted by Gasteiger charge is 2.18. The Morgan fingerprint density at radius 1 is 1.24 bits per heavy atom. The molecule has 6 heteroatoms. The maximum absolute atomic E-state index is 12.0. The molecule has 6 nitrogen and oxygen atoms in total. The van der Waals surface area contributed by atoms with Crippen LogP contribution >= 0.6 is 0 Å². The lowest BCUT2D eigenvalue weighted by atomic mass is 10.2. The van der Waals surface area contributed by atoms with Gasteiger partial charge >= 0.3 is 0 Å². The molecule has 1 fully saturated rings. The van der Waals surface area contributed by atoms with Crippen LogP contribution in [0.3, 0.4) is 0 Å². The van der Waals surface area contributed by atoms with Crippen molar-refractivity contribution in [1.29, 1.82) is 0 Å². The fourth-order valence-corrected chi connectivity index (χ4v) is 2.52. The topological polar surface area (TPSA) is 60.0 Å². The smallest absolute Gasteiger partial charge is 0.231 e. The van der Waals surface area contributed by atoms with E-state index in [2.05, 4.69) is 5.32 Å². The van der Waals surface area contributed by atoms with Gasteiger partial charge in [0, 0.05) is 38.2 Å². The monoisotopic (exact) mass is 292 g/mol. The van der Waals surface area contributed by atoms with E-state index in [1.165, 1.54) is 0 Å². The molecule has 1 saturated heterocycles. The van der Waals surface area contributed by atoms with Crippen molar-refractivity contribution in [2.75, 3.05) is 39.6 Å². The van der Waals surface area contributed by atoms with Crippen molar-refractivity contribution in [3.63, 3.8) is 0 Å². The van der Waals surface area contributed by atoms with E-state index in [0.717, 1.165) is 17.1 Å². The molecule has 1 amide bonds. The summed E-state index contributed by atoms with van der Waals surface area (Å²) in [5, 5.41) is 3.29. The van der Waals surface area contributed by atoms with Crippen LogP contribution in [0.1, 0.15) is 12.0 Å². The van der Waals surface area contributed by atoms with Crippen molar-refractivity contribution in [3.8, 4) is 11.5 Å². The summed E-state index contributed by atoms with van der Waals surface area (Å²) in [4.78, 5) is 13.8. The van der Waals surface area contributed by atoms with Crippen LogP contribution in [0.5, 0.6) is 11.5 Å². The number of fused-ring (bicyclic) bond motifs is 1. The first-order chi connectivity index (χ1) is 10.3. The van der Waals surface area contributed by atoms with Crippen LogP contribution in [0.25, 0.3) is 0 Å². The maximum atomic E-state index is 12.0. The standard InChI is InChI=1S/C15H20N2O4/c18-14(17-6-8-19-9-7-17)4-5-16-10-12-2-1-3-13-15(12)21-11-20-13/h1-3,16H,4-11H2. The van der Waals surface area contributed by atoms with Gasteiger partial charge < -0.3 is 24.4 Å². The first-order valence-electron chi connectivity index (χ1n) is 7.28. The minimum absolute atomic E-state index is 0.184. The van der Waals surface area contributed by atoms with E-state index in [1.807, 2.05) is 23.1 Å². The third-order valence-electron chi connectivity index (χ3n) is 3.67. The van der Waals surface area contributed by atoms with Gasteiger partial charge in [-0.15, -0.1) is 0 Å². The van der Waals surface area contributed by atoms with Gasteiger partial charge in [0.05, 0.1) is 13.2 Å². The second-order valence-corrected chi connectivity index (χ2v) is 5.07. The van der Waals surface area contributed by atoms with Gasteiger partial charge in [-0.3, -0.25) is 4.79 Å². The van der Waals surface area contributed by atoms with Gasteiger partial charge in [0.15, 0.2) is 11.5 Å². The van der Waals surface area contributed by atoms with Crippen molar-refractivity contribution >= 4 is 5.91 Å². The highest BCUT2D eigenvalue weighted by atomic mass is 16.7. The summed E-state index contributed by atoms with van der Waals surface area (Å²) in [5.74, 6) is 1.78. The molecule has 3 rings (SSSR count). The molecule has 1 N–H and O–H groups in total. The van der Waals surface area contributed by atoms with Crippen molar-refractivity contribution in [1.82, 2.24) is 10.2 Å². The predicted molar refractivity (Wildman–Crippen MR) is 76.3 cm³/mol. The Labute approximate surface area is 124 Å². The number of hydrogen-bond acceptors (Lipinski definition) is 5. The molecule has 0 spiro atoms. The van der Waals surface area contributed by atoms with Crippen LogP contribution in [0, 0.1) is 0 Å². The highest BCUT2D eigenvalue weighted by Crippen LogP contribution is 2.35. The van der Waals surface area contributed by atoms with E-state index >= 15 is 0 Å². The third-order valence-corrected chi connectivity index (χ3v) is 3.67. The van der Waals surface area contributed by atoms with Crippen molar-refractivity contribution in [3.05, 3.63) is 23.8 Å². The molecular weight excluding hydrogens is 272 g/mol. The number of rotatable bonds is 5. The number of nitrogens with zero attached hydrogens (tertiary/aromatic N) is 1. The Morgan fingerprint density at radius 2 is 2.10 bits per heavy atom. The molecule has 2 aliphatic heterocycles. The van der Waals surface area contributed by atoms with E-state index in [1.54, 1.807) is 0 Å². The van der Waals surface area contributed by atoms with Gasteiger partial charge in [0.1, 0.15) is 0 Å². The number of carbonyl (C=O) groups is 1. The lowest BCUT2D eigenvalue weighted by Crippen LogP contribution is -2.41. The number of morpholine rings is 1. The highest BCUT2D eigenvalue weighted by molar-refractivity contribution is 5.76. The van der Waals surface area contributed by atoms with Crippen LogP contribution < -0.4 is 14.8 Å². The zero-order valence-electron chi connectivity index (χ0n) is 12.0. The Bertz CT molecular complexity index is 500. The van der Waals surface area contributed by atoms with Gasteiger partial charge in [-0.1, -0.05) is 12.1 Å². The number of ether oxygens (including phenoxy) is 3. The quantitative estimate of drug-likeness (QED) is 0.812. The van der Waals surface area contributed by atoms with E-state index in [-0.39, 0.29) is 12.7 Å². The number of para-hydroxylation sites is 1. The van der Waals surface area contributed by atoms with Crippen molar-refractivity contribution in [2.24, 2.45) is 0 Å². The molecule has 0 unspecified atom stereocenters. The molecule has 0 aromatic heterocycles. The fourth-order valence-electron chi connectivity index (χ4n) is 2.52. The van der Waals surface area contributed by atoms with Crippen molar-refractivity contribution in [2.45, 2.75) is 13.0 Å². The van der Waals surface area contributed by atoms with E-state index in [4.69, 9.17) is 14.2 Å². The fraction of sp³-hybridized carbons (Fsp3) is 0.533. The van der Waals surface area contributed by atoms with Gasteiger partial charge in [0.2, 0.25) is 12.7 Å². The van der Waals surface area contributed by atoms with Gasteiger partial charge in [-0.2, -0.15) is 0 Å². The first-order valence-corrected chi connectivity index (χ1v) is 7.28. The van der Waals surface area contributed by atoms with Crippen LogP contribution in [0.15, 0.2) is 18.2 Å². The minimum Gasteiger partial charge on any atom is -0.454 e. The summed E-state index contributed by atoms with van der Waals surface area (Å²) in [7, 11) is 0. The van der Waals surface area contributed by atoms with Gasteiger partial charge in [-0.25, -0.2) is 0 Å². The number of carbonyl (C=O) groups excluding carboxylic acids is 1. The van der Waals surface area contributed by atoms with Crippen LogP contribution in [0.2, 0.25) is 0 Å². The molecular formula is C15H20N2O4. The molecule has 0 radical (unpaired) electrons. The zero-order chi connectivity index (χ0) is 14.5. The predicted octanol–water partition coefficient (Wildman–Crippen LogP) is 0.754. The zero-order valence-corrected chi connectivity index (χ0v) is 12.0. The molecule has 1 aromatic carbocycles. The molecule has 0 atom stereocenters. The lowest BCUT2D eigenvalue weighted by Gasteiger charge is -2.26. The summed E-state index contributed by atoms with van der Waals surface area (Å²) >= 11 is 0. The summed E-state index contributed by atoms with van der Waals surface area (Å²) in [6, 6.07) is 5.85. The number of amides is 1. The molecule has 0 aliphatic carbocycles. The Morgan fingerprint density at radius 3 is 2.95 bits per heavy atom. The number of nitrogens with one attached hydrogen (secondary N) is 1. The van der Waals surface area contributed by atoms with Crippen LogP contribution in [-0.2, 0) is 16.1 Å². The SMILES string of the molecule is O=C(CCNCc1cccc2c1OCO2)N1CCOCC1. The third kappa shape index (κ3) is 3.46. The van der Waals surface area contributed by atoms with Gasteiger partial charge in [0.25, 0.3) is 0 Å². The normalized spacial score (nSPS) is 17.0. The lowest BCUT2D eigenvalue weighted by molar-refractivity contribution is -0.135. The molecule has 2 aliphatic rings. The second kappa shape index (κ2) is 6.78. The van der Waals surface area contributed by atoms with Gasteiger partial charge in [-0.05, 0) is 6.07 Å². The Balaban J connectivity index is 1.42. The summed E-state index contributed by atoms with van der Waals surface area (Å²) in [6.07, 6.45) is 0.506. The largest absolute Gasteiger partial charge is 0.454 e. The number of benzene rings is 1. The average molecular weight is 292 g/mol. The van der Waals surface area contributed by atoms with E-state index in [9.17, 15) is 4.79 Å². The second-order valence-electron chi connectivity index (χ2n) is 5.07. The Hall–Kier alpha value is -1.79. The number of hydrogen-bond donors (Lipinski definition) is 1. The maximum Gasteiger partial charge on any atom is 0.231 e. The molecule has 1 aromatic rings. The van der Waals surface area contributed by atoms with Crippen molar-refractivity contribution < 1.29 is 19.0 Å². The molecule has 0 saturated carbocycles. The van der Waals surface area contributed by atoms with E-state index < -0.39 is 0 Å². The average Bonchev–Trinajstić information content (AvgIpc) is 3.01. The molecule has 114 valence electrons. The summed E-state index contributed by atoms with van der Waals surface area (Å²) < 4.78 is 16.0. The van der Waals surface area contributed by atoms with Crippen LogP contribution in [0.4, 0.5) is 0 Å².